The highest BCUT2D eigenvalue weighted by atomic mass is 35.5. The van der Waals surface area contributed by atoms with Crippen molar-refractivity contribution in [3.05, 3.63) is 24.0 Å². The first-order chi connectivity index (χ1) is 8.31. The third kappa shape index (κ3) is 2.52. The molecule has 1 aliphatic carbocycles. The van der Waals surface area contributed by atoms with Crippen LogP contribution in [0.1, 0.15) is 12.8 Å². The zero-order valence-electron chi connectivity index (χ0n) is 8.95. The van der Waals surface area contributed by atoms with Gasteiger partial charge in [0.2, 0.25) is 11.2 Å². The van der Waals surface area contributed by atoms with Crippen LogP contribution in [0.25, 0.3) is 5.95 Å². The summed E-state index contributed by atoms with van der Waals surface area (Å²) in [7, 11) is 0. The van der Waals surface area contributed by atoms with Gasteiger partial charge < -0.3 is 4.74 Å². The minimum atomic E-state index is 0.120. The molecule has 0 radical (unpaired) electrons. The lowest BCUT2D eigenvalue weighted by Gasteiger charge is -2.05. The van der Waals surface area contributed by atoms with E-state index in [1.165, 1.54) is 12.8 Å². The van der Waals surface area contributed by atoms with Crippen LogP contribution in [0.3, 0.4) is 0 Å². The predicted molar refractivity (Wildman–Crippen MR) is 60.2 cm³/mol. The average Bonchev–Trinajstić information content (AvgIpc) is 2.98. The van der Waals surface area contributed by atoms with Gasteiger partial charge >= 0.3 is 6.01 Å². The van der Waals surface area contributed by atoms with E-state index in [0.717, 1.165) is 0 Å². The molecule has 0 amide bonds. The lowest BCUT2D eigenvalue weighted by atomic mass is 10.5. The molecule has 1 aliphatic rings. The second-order valence-electron chi connectivity index (χ2n) is 3.91. The number of hydrogen-bond donors (Lipinski definition) is 0. The molecule has 0 spiro atoms. The van der Waals surface area contributed by atoms with Crippen molar-refractivity contribution in [1.29, 1.82) is 0 Å². The van der Waals surface area contributed by atoms with Gasteiger partial charge in [-0.05, 0) is 30.4 Å². The van der Waals surface area contributed by atoms with Crippen LogP contribution in [0, 0.1) is 5.92 Å². The number of rotatable bonds is 4. The lowest BCUT2D eigenvalue weighted by molar-refractivity contribution is 0.275. The van der Waals surface area contributed by atoms with Gasteiger partial charge in [0.25, 0.3) is 0 Å². The van der Waals surface area contributed by atoms with E-state index in [2.05, 4.69) is 19.9 Å². The lowest BCUT2D eigenvalue weighted by Crippen LogP contribution is -2.07. The van der Waals surface area contributed by atoms with Crippen LogP contribution in [0.15, 0.2) is 18.7 Å². The SMILES string of the molecule is Clc1nc(OCC2CC2)nc(-n2ccnc2)n1. The highest BCUT2D eigenvalue weighted by Crippen LogP contribution is 2.29. The van der Waals surface area contributed by atoms with Crippen molar-refractivity contribution in [2.24, 2.45) is 5.92 Å². The first kappa shape index (κ1) is 10.5. The molecule has 0 aromatic carbocycles. The van der Waals surface area contributed by atoms with E-state index in [4.69, 9.17) is 16.3 Å². The van der Waals surface area contributed by atoms with Crippen molar-refractivity contribution in [3.8, 4) is 12.0 Å². The van der Waals surface area contributed by atoms with Gasteiger partial charge in [0.05, 0.1) is 6.61 Å². The van der Waals surface area contributed by atoms with Gasteiger partial charge in [-0.1, -0.05) is 0 Å². The van der Waals surface area contributed by atoms with Crippen LogP contribution in [0.5, 0.6) is 6.01 Å². The molecule has 0 N–H and O–H groups in total. The van der Waals surface area contributed by atoms with Gasteiger partial charge in [-0.2, -0.15) is 15.0 Å². The minimum Gasteiger partial charge on any atom is -0.463 e. The summed E-state index contributed by atoms with van der Waals surface area (Å²) in [4.78, 5) is 16.0. The topological polar surface area (TPSA) is 65.7 Å². The van der Waals surface area contributed by atoms with E-state index >= 15 is 0 Å². The first-order valence-electron chi connectivity index (χ1n) is 5.34. The van der Waals surface area contributed by atoms with Gasteiger partial charge in [0.15, 0.2) is 0 Å². The molecule has 0 atom stereocenters. The van der Waals surface area contributed by atoms with Gasteiger partial charge in [-0.15, -0.1) is 0 Å². The molecular formula is C10H10ClN5O. The normalized spacial score (nSPS) is 14.9. The van der Waals surface area contributed by atoms with Crippen LogP contribution in [-0.4, -0.2) is 31.1 Å². The minimum absolute atomic E-state index is 0.120. The van der Waals surface area contributed by atoms with Crippen molar-refractivity contribution in [2.45, 2.75) is 12.8 Å². The summed E-state index contributed by atoms with van der Waals surface area (Å²) >= 11 is 5.82. The number of hydrogen-bond acceptors (Lipinski definition) is 5. The molecule has 0 bridgehead atoms. The first-order valence-corrected chi connectivity index (χ1v) is 5.72. The van der Waals surface area contributed by atoms with Crippen LogP contribution in [-0.2, 0) is 0 Å². The maximum absolute atomic E-state index is 5.82. The third-order valence-corrected chi connectivity index (χ3v) is 2.63. The van der Waals surface area contributed by atoms with Crippen molar-refractivity contribution in [3.63, 3.8) is 0 Å². The zero-order valence-corrected chi connectivity index (χ0v) is 9.71. The predicted octanol–water partition coefficient (Wildman–Crippen LogP) is 1.50. The summed E-state index contributed by atoms with van der Waals surface area (Å²) in [6.45, 7) is 0.643. The number of nitrogens with zero attached hydrogens (tertiary/aromatic N) is 5. The maximum Gasteiger partial charge on any atom is 0.322 e. The fraction of sp³-hybridized carbons (Fsp3) is 0.400. The fourth-order valence-electron chi connectivity index (χ4n) is 1.36. The third-order valence-electron chi connectivity index (χ3n) is 2.46. The van der Waals surface area contributed by atoms with Crippen molar-refractivity contribution >= 4 is 11.6 Å². The molecule has 7 heteroatoms. The Bertz CT molecular complexity index is 511. The van der Waals surface area contributed by atoms with E-state index in [1.54, 1.807) is 23.3 Å². The Morgan fingerprint density at radius 1 is 1.35 bits per heavy atom. The summed E-state index contributed by atoms with van der Waals surface area (Å²) in [5.41, 5.74) is 0. The fourth-order valence-corrected chi connectivity index (χ4v) is 1.50. The smallest absolute Gasteiger partial charge is 0.322 e. The molecule has 3 rings (SSSR count). The molecule has 88 valence electrons. The number of halogens is 1. The molecular weight excluding hydrogens is 242 g/mol. The van der Waals surface area contributed by atoms with Crippen LogP contribution in [0.4, 0.5) is 0 Å². The Balaban J connectivity index is 1.83. The molecule has 0 unspecified atom stereocenters. The summed E-state index contributed by atoms with van der Waals surface area (Å²) in [5, 5.41) is 0.120. The van der Waals surface area contributed by atoms with Gasteiger partial charge in [-0.25, -0.2) is 4.98 Å². The summed E-state index contributed by atoms with van der Waals surface area (Å²) in [6, 6.07) is 0.264. The van der Waals surface area contributed by atoms with Crippen LogP contribution in [0.2, 0.25) is 5.28 Å². The summed E-state index contributed by atoms with van der Waals surface area (Å²) in [6.07, 6.45) is 7.40. The Labute approximate surface area is 103 Å². The van der Waals surface area contributed by atoms with E-state index < -0.39 is 0 Å². The van der Waals surface area contributed by atoms with E-state index in [0.29, 0.717) is 18.5 Å². The van der Waals surface area contributed by atoms with Crippen LogP contribution >= 0.6 is 11.6 Å². The molecule has 6 nitrogen and oxygen atoms in total. The molecule has 2 aromatic heterocycles. The monoisotopic (exact) mass is 251 g/mol. The van der Waals surface area contributed by atoms with Crippen molar-refractivity contribution in [2.75, 3.05) is 6.61 Å². The van der Waals surface area contributed by atoms with Gasteiger partial charge in [0, 0.05) is 12.4 Å². The zero-order chi connectivity index (χ0) is 11.7. The molecule has 2 heterocycles. The molecule has 1 saturated carbocycles. The maximum atomic E-state index is 5.82. The molecule has 0 saturated heterocycles. The van der Waals surface area contributed by atoms with Crippen LogP contribution < -0.4 is 4.74 Å². The second-order valence-corrected chi connectivity index (χ2v) is 4.25. The average molecular weight is 252 g/mol. The number of ether oxygens (including phenoxy) is 1. The molecule has 1 fully saturated rings. The largest absolute Gasteiger partial charge is 0.463 e. The Morgan fingerprint density at radius 3 is 2.94 bits per heavy atom. The summed E-state index contributed by atoms with van der Waals surface area (Å²) in [5.74, 6) is 1.05. The molecule has 0 aliphatic heterocycles. The van der Waals surface area contributed by atoms with E-state index in [9.17, 15) is 0 Å². The Kier molecular flexibility index (Phi) is 2.64. The van der Waals surface area contributed by atoms with Gasteiger partial charge in [-0.3, -0.25) is 4.57 Å². The standard InChI is InChI=1S/C10H10ClN5O/c11-8-13-9(16-4-3-12-6-16)15-10(14-8)17-5-7-1-2-7/h3-4,6-7H,1-2,5H2. The second kappa shape index (κ2) is 4.29. The Morgan fingerprint density at radius 2 is 2.24 bits per heavy atom. The van der Waals surface area contributed by atoms with E-state index in [-0.39, 0.29) is 11.3 Å². The number of imidazole rings is 1. The molecule has 2 aromatic rings. The van der Waals surface area contributed by atoms with Crippen molar-refractivity contribution < 1.29 is 4.74 Å². The molecule has 17 heavy (non-hydrogen) atoms. The number of aromatic nitrogens is 5. The highest BCUT2D eigenvalue weighted by Gasteiger charge is 2.22. The van der Waals surface area contributed by atoms with Gasteiger partial charge in [0.1, 0.15) is 6.33 Å². The van der Waals surface area contributed by atoms with E-state index in [1.807, 2.05) is 0 Å². The van der Waals surface area contributed by atoms with Crippen molar-refractivity contribution in [1.82, 2.24) is 24.5 Å². The highest BCUT2D eigenvalue weighted by molar-refractivity contribution is 6.28. The summed E-state index contributed by atoms with van der Waals surface area (Å²) < 4.78 is 7.12. The quantitative estimate of drug-likeness (QED) is 0.824. The Hall–Kier alpha value is -1.69.